The van der Waals surface area contributed by atoms with Crippen molar-refractivity contribution < 1.29 is 5.11 Å². The normalized spacial score (nSPS) is 22.5. The van der Waals surface area contributed by atoms with E-state index < -0.39 is 11.5 Å². The molecule has 1 saturated carbocycles. The quantitative estimate of drug-likeness (QED) is 0.802. The predicted octanol–water partition coefficient (Wildman–Crippen LogP) is 4.04. The Morgan fingerprint density at radius 1 is 1.06 bits per heavy atom. The van der Waals surface area contributed by atoms with E-state index in [4.69, 9.17) is 0 Å². The lowest BCUT2D eigenvalue weighted by molar-refractivity contribution is -0.00447. The van der Waals surface area contributed by atoms with Crippen molar-refractivity contribution in [3.8, 4) is 6.07 Å². The second kappa shape index (κ2) is 7.01. The molecule has 0 spiro atoms. The summed E-state index contributed by atoms with van der Waals surface area (Å²) < 4.78 is 0. The molecule has 1 rings (SSSR count). The Labute approximate surface area is 106 Å². The number of rotatable bonds is 4. The van der Waals surface area contributed by atoms with Crippen LogP contribution in [0.5, 0.6) is 0 Å². The summed E-state index contributed by atoms with van der Waals surface area (Å²) in [5.74, 6) is 0.286. The van der Waals surface area contributed by atoms with Crippen LogP contribution in [-0.4, -0.2) is 11.2 Å². The van der Waals surface area contributed by atoms with Crippen molar-refractivity contribution in [1.29, 1.82) is 5.26 Å². The first kappa shape index (κ1) is 14.5. The highest BCUT2D eigenvalue weighted by Gasteiger charge is 2.40. The molecule has 2 nitrogen and oxygen atoms in total. The van der Waals surface area contributed by atoms with Crippen LogP contribution in [-0.2, 0) is 0 Å². The summed E-state index contributed by atoms with van der Waals surface area (Å²) in [4.78, 5) is 0. The van der Waals surface area contributed by atoms with Crippen LogP contribution < -0.4 is 0 Å². The third-order valence-electron chi connectivity index (χ3n) is 4.53. The molecule has 0 bridgehead atoms. The molecule has 0 aromatic heterocycles. The summed E-state index contributed by atoms with van der Waals surface area (Å²) in [6.07, 6.45) is 9.24. The Morgan fingerprint density at radius 3 is 1.94 bits per heavy atom. The van der Waals surface area contributed by atoms with E-state index in [-0.39, 0.29) is 5.92 Å². The third-order valence-corrected chi connectivity index (χ3v) is 4.53. The van der Waals surface area contributed by atoms with Gasteiger partial charge in [0.25, 0.3) is 0 Å². The van der Waals surface area contributed by atoms with Crippen molar-refractivity contribution >= 4 is 0 Å². The van der Waals surface area contributed by atoms with E-state index in [0.29, 0.717) is 0 Å². The fraction of sp³-hybridized carbons (Fsp3) is 0.933. The van der Waals surface area contributed by atoms with Crippen LogP contribution in [0.1, 0.15) is 71.6 Å². The average Bonchev–Trinajstić information content (AvgIpc) is 2.31. The molecule has 1 aliphatic carbocycles. The molecular formula is C15H27NO. The second-order valence-corrected chi connectivity index (χ2v) is 5.56. The van der Waals surface area contributed by atoms with Gasteiger partial charge in [-0.3, -0.25) is 0 Å². The molecule has 2 heteroatoms. The average molecular weight is 237 g/mol. The lowest BCUT2D eigenvalue weighted by Gasteiger charge is -2.37. The minimum Gasteiger partial charge on any atom is -0.391 e. The molecule has 1 atom stereocenters. The molecule has 1 unspecified atom stereocenters. The summed E-state index contributed by atoms with van der Waals surface area (Å²) in [5.41, 5.74) is -0.461. The minimum absolute atomic E-state index is 0.286. The molecular weight excluding hydrogens is 210 g/mol. The third kappa shape index (κ3) is 3.45. The minimum atomic E-state index is -0.461. The fourth-order valence-corrected chi connectivity index (χ4v) is 3.20. The molecule has 0 aromatic rings. The van der Waals surface area contributed by atoms with Crippen molar-refractivity contribution in [2.75, 3.05) is 0 Å². The molecule has 1 aliphatic rings. The highest BCUT2D eigenvalue weighted by atomic mass is 16.3. The summed E-state index contributed by atoms with van der Waals surface area (Å²) in [6.45, 7) is 4.23. The number of aliphatic hydroxyl groups excluding tert-OH is 1. The zero-order valence-corrected chi connectivity index (χ0v) is 11.4. The van der Waals surface area contributed by atoms with Crippen LogP contribution in [0.3, 0.4) is 0 Å². The maximum Gasteiger partial charge on any atom is 0.0835 e. The lowest BCUT2D eigenvalue weighted by atomic mass is 9.68. The van der Waals surface area contributed by atoms with Gasteiger partial charge in [-0.05, 0) is 18.8 Å². The molecule has 1 fully saturated rings. The van der Waals surface area contributed by atoms with E-state index in [2.05, 4.69) is 19.9 Å². The van der Waals surface area contributed by atoms with Crippen LogP contribution in [0.15, 0.2) is 0 Å². The van der Waals surface area contributed by atoms with Crippen molar-refractivity contribution in [3.63, 3.8) is 0 Å². The number of aliphatic hydroxyl groups is 1. The Kier molecular flexibility index (Phi) is 5.98. The smallest absolute Gasteiger partial charge is 0.0835 e. The van der Waals surface area contributed by atoms with E-state index in [9.17, 15) is 10.4 Å². The van der Waals surface area contributed by atoms with Gasteiger partial charge in [0.1, 0.15) is 0 Å². The first-order valence-corrected chi connectivity index (χ1v) is 7.29. The topological polar surface area (TPSA) is 44.0 Å². The first-order valence-electron chi connectivity index (χ1n) is 7.29. The molecule has 1 N–H and O–H groups in total. The van der Waals surface area contributed by atoms with E-state index in [0.717, 1.165) is 38.5 Å². The summed E-state index contributed by atoms with van der Waals surface area (Å²) in [6, 6.07) is 2.48. The summed E-state index contributed by atoms with van der Waals surface area (Å²) in [5, 5.41) is 20.1. The van der Waals surface area contributed by atoms with Gasteiger partial charge in [0, 0.05) is 0 Å². The van der Waals surface area contributed by atoms with E-state index >= 15 is 0 Å². The summed E-state index contributed by atoms with van der Waals surface area (Å²) in [7, 11) is 0. The highest BCUT2D eigenvalue weighted by molar-refractivity contribution is 5.05. The Hall–Kier alpha value is -0.550. The Balaban J connectivity index is 2.80. The first-order chi connectivity index (χ1) is 8.20. The van der Waals surface area contributed by atoms with Gasteiger partial charge >= 0.3 is 0 Å². The molecule has 0 radical (unpaired) electrons. The standard InChI is InChI=1S/C15H27NO/c1-3-13(4-2)14(17)15(12-16)10-8-6-5-7-9-11-15/h13-14,17H,3-11H2,1-2H3. The number of nitriles is 1. The van der Waals surface area contributed by atoms with E-state index in [1.165, 1.54) is 19.3 Å². The lowest BCUT2D eigenvalue weighted by Crippen LogP contribution is -2.39. The maximum absolute atomic E-state index is 10.6. The summed E-state index contributed by atoms with van der Waals surface area (Å²) >= 11 is 0. The molecule has 0 aromatic carbocycles. The zero-order valence-electron chi connectivity index (χ0n) is 11.4. The van der Waals surface area contributed by atoms with E-state index in [1.54, 1.807) is 0 Å². The maximum atomic E-state index is 10.6. The largest absolute Gasteiger partial charge is 0.391 e. The van der Waals surface area contributed by atoms with Crippen molar-refractivity contribution in [2.45, 2.75) is 77.7 Å². The van der Waals surface area contributed by atoms with Gasteiger partial charge in [0.05, 0.1) is 17.6 Å². The van der Waals surface area contributed by atoms with Gasteiger partial charge in [-0.2, -0.15) is 5.26 Å². The molecule has 98 valence electrons. The van der Waals surface area contributed by atoms with E-state index in [1.807, 2.05) is 0 Å². The Bertz CT molecular complexity index is 244. The van der Waals surface area contributed by atoms with Gasteiger partial charge in [0.15, 0.2) is 0 Å². The van der Waals surface area contributed by atoms with Gasteiger partial charge in [-0.25, -0.2) is 0 Å². The molecule has 0 heterocycles. The SMILES string of the molecule is CCC(CC)C(O)C1(C#N)CCCCCCC1. The van der Waals surface area contributed by atoms with Crippen molar-refractivity contribution in [3.05, 3.63) is 0 Å². The van der Waals surface area contributed by atoms with Gasteiger partial charge < -0.3 is 5.11 Å². The highest BCUT2D eigenvalue weighted by Crippen LogP contribution is 2.40. The van der Waals surface area contributed by atoms with Crippen LogP contribution >= 0.6 is 0 Å². The molecule has 17 heavy (non-hydrogen) atoms. The van der Waals surface area contributed by atoms with Crippen molar-refractivity contribution in [2.24, 2.45) is 11.3 Å². The van der Waals surface area contributed by atoms with Crippen LogP contribution in [0.4, 0.5) is 0 Å². The molecule has 0 saturated heterocycles. The van der Waals surface area contributed by atoms with Gasteiger partial charge in [-0.1, -0.05) is 58.8 Å². The number of hydrogen-bond acceptors (Lipinski definition) is 2. The number of nitrogens with zero attached hydrogens (tertiary/aromatic N) is 1. The van der Waals surface area contributed by atoms with Gasteiger partial charge in [0.2, 0.25) is 0 Å². The predicted molar refractivity (Wildman–Crippen MR) is 70.4 cm³/mol. The zero-order chi connectivity index (χ0) is 12.7. The van der Waals surface area contributed by atoms with Gasteiger partial charge in [-0.15, -0.1) is 0 Å². The molecule has 0 aliphatic heterocycles. The number of hydrogen-bond donors (Lipinski definition) is 1. The van der Waals surface area contributed by atoms with Crippen LogP contribution in [0.25, 0.3) is 0 Å². The molecule has 0 amide bonds. The van der Waals surface area contributed by atoms with Crippen LogP contribution in [0, 0.1) is 22.7 Å². The van der Waals surface area contributed by atoms with Crippen molar-refractivity contribution in [1.82, 2.24) is 0 Å². The van der Waals surface area contributed by atoms with Crippen LogP contribution in [0.2, 0.25) is 0 Å². The monoisotopic (exact) mass is 237 g/mol. The second-order valence-electron chi connectivity index (χ2n) is 5.56. The fourth-order valence-electron chi connectivity index (χ4n) is 3.20. The Morgan fingerprint density at radius 2 is 1.53 bits per heavy atom.